The quantitative estimate of drug-likeness (QED) is 0.808. The van der Waals surface area contributed by atoms with Crippen molar-refractivity contribution in [2.24, 2.45) is 5.73 Å². The molecular formula is C10H11F2NO3. The van der Waals surface area contributed by atoms with Crippen LogP contribution in [-0.4, -0.2) is 24.2 Å². The summed E-state index contributed by atoms with van der Waals surface area (Å²) in [5, 5.41) is 8.56. The summed E-state index contributed by atoms with van der Waals surface area (Å²) in [6.45, 7) is 0. The maximum atomic E-state index is 13.5. The molecule has 1 rings (SSSR count). The van der Waals surface area contributed by atoms with Crippen molar-refractivity contribution in [3.63, 3.8) is 0 Å². The van der Waals surface area contributed by atoms with Crippen LogP contribution in [0, 0.1) is 11.6 Å². The molecule has 0 saturated heterocycles. The lowest BCUT2D eigenvalue weighted by Gasteiger charge is -2.10. The Morgan fingerprint density at radius 1 is 1.56 bits per heavy atom. The summed E-state index contributed by atoms with van der Waals surface area (Å²) >= 11 is 0. The summed E-state index contributed by atoms with van der Waals surface area (Å²) in [7, 11) is 1.13. The number of methoxy groups -OCH3 is 1. The van der Waals surface area contributed by atoms with Crippen molar-refractivity contribution in [2.75, 3.05) is 7.11 Å². The number of carboxylic acids is 1. The Hall–Kier alpha value is -1.69. The average Bonchev–Trinajstić information content (AvgIpc) is 2.22. The molecule has 0 saturated carbocycles. The summed E-state index contributed by atoms with van der Waals surface area (Å²) in [5.41, 5.74) is 5.25. The van der Waals surface area contributed by atoms with E-state index in [9.17, 15) is 13.6 Å². The molecule has 6 heteroatoms. The number of rotatable bonds is 4. The SMILES string of the molecule is COc1c(F)ccc(C[C@@H](N)C(=O)O)c1F. The van der Waals surface area contributed by atoms with Crippen LogP contribution in [0.15, 0.2) is 12.1 Å². The van der Waals surface area contributed by atoms with Crippen LogP contribution < -0.4 is 10.5 Å². The van der Waals surface area contributed by atoms with E-state index in [1.807, 2.05) is 0 Å². The Balaban J connectivity index is 3.02. The monoisotopic (exact) mass is 231 g/mol. The van der Waals surface area contributed by atoms with Gasteiger partial charge < -0.3 is 15.6 Å². The summed E-state index contributed by atoms with van der Waals surface area (Å²) in [5.74, 6) is -3.54. The first-order valence-corrected chi connectivity index (χ1v) is 4.46. The van der Waals surface area contributed by atoms with Crippen molar-refractivity contribution in [3.05, 3.63) is 29.3 Å². The van der Waals surface area contributed by atoms with Crippen molar-refractivity contribution in [2.45, 2.75) is 12.5 Å². The van der Waals surface area contributed by atoms with Gasteiger partial charge in [0.05, 0.1) is 7.11 Å². The highest BCUT2D eigenvalue weighted by molar-refractivity contribution is 5.73. The first-order chi connectivity index (χ1) is 7.47. The standard InChI is InChI=1S/C10H11F2NO3/c1-16-9-6(11)3-2-5(8(9)12)4-7(13)10(14)15/h2-3,7H,4,13H2,1H3,(H,14,15)/t7-/m1/s1. The van der Waals surface area contributed by atoms with Crippen molar-refractivity contribution in [1.29, 1.82) is 0 Å². The number of ether oxygens (including phenoxy) is 1. The van der Waals surface area contributed by atoms with Crippen LogP contribution in [0.2, 0.25) is 0 Å². The topological polar surface area (TPSA) is 72.5 Å². The summed E-state index contributed by atoms with van der Waals surface area (Å²) in [6, 6.07) is 0.923. The van der Waals surface area contributed by atoms with Crippen LogP contribution in [0.1, 0.15) is 5.56 Å². The molecule has 88 valence electrons. The fourth-order valence-corrected chi connectivity index (χ4v) is 1.24. The Kier molecular flexibility index (Phi) is 3.78. The van der Waals surface area contributed by atoms with Gasteiger partial charge in [0.15, 0.2) is 17.4 Å². The number of hydrogen-bond donors (Lipinski definition) is 2. The van der Waals surface area contributed by atoms with Gasteiger partial charge >= 0.3 is 5.97 Å². The normalized spacial score (nSPS) is 12.2. The highest BCUT2D eigenvalue weighted by Gasteiger charge is 2.19. The average molecular weight is 231 g/mol. The molecule has 0 radical (unpaired) electrons. The minimum absolute atomic E-state index is 0.00755. The van der Waals surface area contributed by atoms with E-state index in [1.165, 1.54) is 0 Å². The van der Waals surface area contributed by atoms with Crippen LogP contribution in [0.25, 0.3) is 0 Å². The third-order valence-electron chi connectivity index (χ3n) is 2.09. The lowest BCUT2D eigenvalue weighted by molar-refractivity contribution is -0.138. The van der Waals surface area contributed by atoms with E-state index in [-0.39, 0.29) is 12.0 Å². The highest BCUT2D eigenvalue weighted by atomic mass is 19.1. The number of hydrogen-bond acceptors (Lipinski definition) is 3. The molecule has 0 aliphatic heterocycles. The molecule has 0 aromatic heterocycles. The number of nitrogens with two attached hydrogens (primary N) is 1. The minimum atomic E-state index is -1.25. The molecule has 0 bridgehead atoms. The zero-order chi connectivity index (χ0) is 12.3. The van der Waals surface area contributed by atoms with Gasteiger partial charge in [-0.05, 0) is 11.6 Å². The molecule has 0 spiro atoms. The molecule has 0 heterocycles. The predicted molar refractivity (Wildman–Crippen MR) is 52.2 cm³/mol. The molecule has 0 aliphatic rings. The maximum absolute atomic E-state index is 13.5. The highest BCUT2D eigenvalue weighted by Crippen LogP contribution is 2.24. The van der Waals surface area contributed by atoms with E-state index in [1.54, 1.807) is 0 Å². The maximum Gasteiger partial charge on any atom is 0.320 e. The second kappa shape index (κ2) is 4.89. The number of aliphatic carboxylic acids is 1. The fraction of sp³-hybridized carbons (Fsp3) is 0.300. The molecular weight excluding hydrogens is 220 g/mol. The van der Waals surface area contributed by atoms with Gasteiger partial charge in [0.2, 0.25) is 0 Å². The minimum Gasteiger partial charge on any atom is -0.491 e. The Morgan fingerprint density at radius 2 is 2.19 bits per heavy atom. The van der Waals surface area contributed by atoms with Gasteiger partial charge in [0, 0.05) is 6.42 Å². The van der Waals surface area contributed by atoms with Crippen molar-refractivity contribution < 1.29 is 23.4 Å². The largest absolute Gasteiger partial charge is 0.491 e. The van der Waals surface area contributed by atoms with Gasteiger partial charge in [0.25, 0.3) is 0 Å². The van der Waals surface area contributed by atoms with E-state index >= 15 is 0 Å². The van der Waals surface area contributed by atoms with Gasteiger partial charge in [-0.3, -0.25) is 4.79 Å². The number of benzene rings is 1. The van der Waals surface area contributed by atoms with E-state index in [4.69, 9.17) is 10.8 Å². The smallest absolute Gasteiger partial charge is 0.320 e. The Labute approximate surface area is 90.6 Å². The third kappa shape index (κ3) is 2.46. The van der Waals surface area contributed by atoms with Gasteiger partial charge in [0.1, 0.15) is 6.04 Å². The molecule has 0 amide bonds. The van der Waals surface area contributed by atoms with E-state index in [0.29, 0.717) is 0 Å². The molecule has 1 atom stereocenters. The third-order valence-corrected chi connectivity index (χ3v) is 2.09. The van der Waals surface area contributed by atoms with Gasteiger partial charge in [-0.2, -0.15) is 0 Å². The summed E-state index contributed by atoms with van der Waals surface area (Å²) in [4.78, 5) is 10.5. The molecule has 0 fully saturated rings. The molecule has 3 N–H and O–H groups in total. The van der Waals surface area contributed by atoms with Gasteiger partial charge in [-0.15, -0.1) is 0 Å². The second-order valence-corrected chi connectivity index (χ2v) is 3.20. The zero-order valence-corrected chi connectivity index (χ0v) is 8.54. The van der Waals surface area contributed by atoms with Gasteiger partial charge in [-0.25, -0.2) is 8.78 Å². The first-order valence-electron chi connectivity index (χ1n) is 4.46. The number of halogens is 2. The fourth-order valence-electron chi connectivity index (χ4n) is 1.24. The van der Waals surface area contributed by atoms with Crippen LogP contribution >= 0.6 is 0 Å². The molecule has 16 heavy (non-hydrogen) atoms. The lowest BCUT2D eigenvalue weighted by atomic mass is 10.1. The number of carboxylic acid groups (broad SMARTS) is 1. The lowest BCUT2D eigenvalue weighted by Crippen LogP contribution is -2.32. The van der Waals surface area contributed by atoms with Crippen molar-refractivity contribution >= 4 is 5.97 Å². The zero-order valence-electron chi connectivity index (χ0n) is 8.54. The van der Waals surface area contributed by atoms with Crippen molar-refractivity contribution in [1.82, 2.24) is 0 Å². The van der Waals surface area contributed by atoms with Gasteiger partial charge in [-0.1, -0.05) is 6.07 Å². The molecule has 1 aromatic rings. The van der Waals surface area contributed by atoms with Crippen LogP contribution in [0.4, 0.5) is 8.78 Å². The van der Waals surface area contributed by atoms with Crippen LogP contribution in [0.5, 0.6) is 5.75 Å². The summed E-state index contributed by atoms with van der Waals surface area (Å²) < 4.78 is 31.1. The second-order valence-electron chi connectivity index (χ2n) is 3.20. The van der Waals surface area contributed by atoms with Crippen molar-refractivity contribution in [3.8, 4) is 5.75 Å². The Morgan fingerprint density at radius 3 is 2.69 bits per heavy atom. The van der Waals surface area contributed by atoms with E-state index in [2.05, 4.69) is 4.74 Å². The van der Waals surface area contributed by atoms with Crippen LogP contribution in [-0.2, 0) is 11.2 Å². The van der Waals surface area contributed by atoms with E-state index < -0.39 is 29.4 Å². The first kappa shape index (κ1) is 12.4. The molecule has 4 nitrogen and oxygen atoms in total. The summed E-state index contributed by atoms with van der Waals surface area (Å²) in [6.07, 6.45) is -0.224. The number of carbonyl (C=O) groups is 1. The molecule has 0 aliphatic carbocycles. The molecule has 1 aromatic carbocycles. The predicted octanol–water partition coefficient (Wildman–Crippen LogP) is 0.928. The van der Waals surface area contributed by atoms with Crippen LogP contribution in [0.3, 0.4) is 0 Å². The molecule has 0 unspecified atom stereocenters. The van der Waals surface area contributed by atoms with E-state index in [0.717, 1.165) is 19.2 Å². The Bertz CT molecular complexity index is 409.